The summed E-state index contributed by atoms with van der Waals surface area (Å²) in [7, 11) is 0. The fourth-order valence-electron chi connectivity index (χ4n) is 2.16. The SMILES string of the molecule is O=c1cc(Cl)n(C2CCCCC2)c(=O)[nH]1. The van der Waals surface area contributed by atoms with Gasteiger partial charge in [-0.05, 0) is 12.8 Å². The predicted molar refractivity (Wildman–Crippen MR) is 58.5 cm³/mol. The first-order valence-corrected chi connectivity index (χ1v) is 5.57. The number of H-pyrrole nitrogens is 1. The molecule has 0 radical (unpaired) electrons. The van der Waals surface area contributed by atoms with Gasteiger partial charge < -0.3 is 0 Å². The van der Waals surface area contributed by atoms with Crippen LogP contribution in [0.5, 0.6) is 0 Å². The zero-order chi connectivity index (χ0) is 10.8. The van der Waals surface area contributed by atoms with Crippen molar-refractivity contribution in [3.8, 4) is 0 Å². The maximum absolute atomic E-state index is 11.6. The van der Waals surface area contributed by atoms with Crippen molar-refractivity contribution in [3.63, 3.8) is 0 Å². The lowest BCUT2D eigenvalue weighted by molar-refractivity contribution is 0.342. The molecule has 0 spiro atoms. The summed E-state index contributed by atoms with van der Waals surface area (Å²) < 4.78 is 1.50. The van der Waals surface area contributed by atoms with Gasteiger partial charge in [0, 0.05) is 12.1 Å². The third kappa shape index (κ3) is 2.15. The first kappa shape index (κ1) is 10.5. The molecule has 0 aromatic carbocycles. The molecule has 1 saturated carbocycles. The third-order valence-electron chi connectivity index (χ3n) is 2.87. The molecule has 0 saturated heterocycles. The van der Waals surface area contributed by atoms with Gasteiger partial charge in [0.2, 0.25) is 0 Å². The molecular formula is C10H13ClN2O2. The fourth-order valence-corrected chi connectivity index (χ4v) is 2.47. The summed E-state index contributed by atoms with van der Waals surface area (Å²) in [6, 6.07) is 1.41. The Balaban J connectivity index is 2.42. The van der Waals surface area contributed by atoms with Crippen molar-refractivity contribution in [2.45, 2.75) is 38.1 Å². The van der Waals surface area contributed by atoms with Gasteiger partial charge >= 0.3 is 5.69 Å². The zero-order valence-electron chi connectivity index (χ0n) is 8.33. The van der Waals surface area contributed by atoms with E-state index in [1.54, 1.807) is 0 Å². The Kier molecular flexibility index (Phi) is 2.95. The maximum Gasteiger partial charge on any atom is 0.329 e. The van der Waals surface area contributed by atoms with E-state index in [-0.39, 0.29) is 16.9 Å². The molecule has 2 rings (SSSR count). The highest BCUT2D eigenvalue weighted by atomic mass is 35.5. The molecule has 1 heterocycles. The third-order valence-corrected chi connectivity index (χ3v) is 3.16. The maximum atomic E-state index is 11.6. The van der Waals surface area contributed by atoms with Gasteiger partial charge in [0.1, 0.15) is 5.15 Å². The second-order valence-electron chi connectivity index (χ2n) is 3.92. The summed E-state index contributed by atoms with van der Waals surface area (Å²) in [6.07, 6.45) is 5.38. The number of aromatic amines is 1. The van der Waals surface area contributed by atoms with Gasteiger partial charge in [0.15, 0.2) is 0 Å². The monoisotopic (exact) mass is 228 g/mol. The van der Waals surface area contributed by atoms with E-state index in [1.807, 2.05) is 0 Å². The van der Waals surface area contributed by atoms with Gasteiger partial charge in [-0.2, -0.15) is 0 Å². The molecule has 0 amide bonds. The Hall–Kier alpha value is -1.03. The van der Waals surface area contributed by atoms with Gasteiger partial charge in [-0.25, -0.2) is 4.79 Å². The van der Waals surface area contributed by atoms with Crippen molar-refractivity contribution in [2.75, 3.05) is 0 Å². The minimum atomic E-state index is -0.433. The Labute approximate surface area is 91.9 Å². The second kappa shape index (κ2) is 4.23. The standard InChI is InChI=1S/C10H13ClN2O2/c11-8-6-9(14)12-10(15)13(8)7-4-2-1-3-5-7/h6-7H,1-5H2,(H,12,14,15). The number of halogens is 1. The molecule has 0 bridgehead atoms. The van der Waals surface area contributed by atoms with E-state index in [2.05, 4.69) is 4.98 Å². The summed E-state index contributed by atoms with van der Waals surface area (Å²) in [4.78, 5) is 24.8. The molecule has 0 unspecified atom stereocenters. The molecule has 0 atom stereocenters. The van der Waals surface area contributed by atoms with E-state index in [4.69, 9.17) is 11.6 Å². The van der Waals surface area contributed by atoms with Gasteiger partial charge in [-0.1, -0.05) is 30.9 Å². The number of hydrogen-bond acceptors (Lipinski definition) is 2. The predicted octanol–water partition coefficient (Wildman–Crippen LogP) is 1.70. The highest BCUT2D eigenvalue weighted by molar-refractivity contribution is 6.29. The summed E-state index contributed by atoms with van der Waals surface area (Å²) in [5, 5.41) is 0.246. The molecular weight excluding hydrogens is 216 g/mol. The molecule has 82 valence electrons. The molecule has 5 heteroatoms. The molecule has 1 aliphatic carbocycles. The van der Waals surface area contributed by atoms with Crippen molar-refractivity contribution < 1.29 is 0 Å². The first-order chi connectivity index (χ1) is 7.18. The lowest BCUT2D eigenvalue weighted by atomic mass is 9.95. The Morgan fingerprint density at radius 2 is 1.93 bits per heavy atom. The Morgan fingerprint density at radius 1 is 1.27 bits per heavy atom. The van der Waals surface area contributed by atoms with E-state index < -0.39 is 5.56 Å². The second-order valence-corrected chi connectivity index (χ2v) is 4.31. The highest BCUT2D eigenvalue weighted by Gasteiger charge is 2.18. The quantitative estimate of drug-likeness (QED) is 0.744. The van der Waals surface area contributed by atoms with E-state index in [9.17, 15) is 9.59 Å². The van der Waals surface area contributed by atoms with Gasteiger partial charge in [-0.15, -0.1) is 0 Å². The van der Waals surface area contributed by atoms with Crippen molar-refractivity contribution in [2.24, 2.45) is 0 Å². The van der Waals surface area contributed by atoms with Gasteiger partial charge in [0.05, 0.1) is 0 Å². The van der Waals surface area contributed by atoms with Crippen LogP contribution in [0.25, 0.3) is 0 Å². The number of nitrogens with one attached hydrogen (secondary N) is 1. The largest absolute Gasteiger partial charge is 0.329 e. The lowest BCUT2D eigenvalue weighted by Crippen LogP contribution is -2.33. The molecule has 1 aromatic rings. The first-order valence-electron chi connectivity index (χ1n) is 5.20. The topological polar surface area (TPSA) is 54.9 Å². The average molecular weight is 229 g/mol. The average Bonchev–Trinajstić information content (AvgIpc) is 2.17. The van der Waals surface area contributed by atoms with Crippen LogP contribution in [-0.2, 0) is 0 Å². The van der Waals surface area contributed by atoms with Crippen LogP contribution in [-0.4, -0.2) is 9.55 Å². The number of rotatable bonds is 1. The minimum absolute atomic E-state index is 0.149. The normalized spacial score (nSPS) is 17.9. The summed E-state index contributed by atoms with van der Waals surface area (Å²) in [5.41, 5.74) is -0.823. The molecule has 4 nitrogen and oxygen atoms in total. The Morgan fingerprint density at radius 3 is 2.53 bits per heavy atom. The van der Waals surface area contributed by atoms with E-state index >= 15 is 0 Å². The van der Waals surface area contributed by atoms with E-state index in [0.717, 1.165) is 25.7 Å². The molecule has 1 aromatic heterocycles. The van der Waals surface area contributed by atoms with Crippen LogP contribution in [0.15, 0.2) is 15.7 Å². The van der Waals surface area contributed by atoms with Crippen molar-refractivity contribution in [1.82, 2.24) is 9.55 Å². The number of nitrogens with zero attached hydrogens (tertiary/aromatic N) is 1. The van der Waals surface area contributed by atoms with Crippen LogP contribution in [0.2, 0.25) is 5.15 Å². The molecule has 1 aliphatic rings. The highest BCUT2D eigenvalue weighted by Crippen LogP contribution is 2.28. The van der Waals surface area contributed by atoms with Crippen LogP contribution in [0.4, 0.5) is 0 Å². The van der Waals surface area contributed by atoms with Crippen LogP contribution in [0, 0.1) is 0 Å². The lowest BCUT2D eigenvalue weighted by Gasteiger charge is -2.24. The Bertz CT molecular complexity index is 457. The molecule has 15 heavy (non-hydrogen) atoms. The molecule has 1 N–H and O–H groups in total. The summed E-state index contributed by atoms with van der Waals surface area (Å²) >= 11 is 5.91. The van der Waals surface area contributed by atoms with E-state index in [1.165, 1.54) is 17.1 Å². The van der Waals surface area contributed by atoms with Gasteiger partial charge in [0.25, 0.3) is 5.56 Å². The number of hydrogen-bond donors (Lipinski definition) is 1. The summed E-state index contributed by atoms with van der Waals surface area (Å²) in [6.45, 7) is 0. The van der Waals surface area contributed by atoms with Crippen LogP contribution in [0.1, 0.15) is 38.1 Å². The number of aromatic nitrogens is 2. The fraction of sp³-hybridized carbons (Fsp3) is 0.600. The zero-order valence-corrected chi connectivity index (χ0v) is 9.09. The van der Waals surface area contributed by atoms with Crippen LogP contribution < -0.4 is 11.2 Å². The molecule has 0 aliphatic heterocycles. The smallest absolute Gasteiger partial charge is 0.281 e. The van der Waals surface area contributed by atoms with Crippen LogP contribution >= 0.6 is 11.6 Å². The summed E-state index contributed by atoms with van der Waals surface area (Å²) in [5.74, 6) is 0. The van der Waals surface area contributed by atoms with E-state index in [0.29, 0.717) is 0 Å². The molecule has 1 fully saturated rings. The van der Waals surface area contributed by atoms with Crippen molar-refractivity contribution in [1.29, 1.82) is 0 Å². The van der Waals surface area contributed by atoms with Crippen molar-refractivity contribution >= 4 is 11.6 Å². The minimum Gasteiger partial charge on any atom is -0.281 e. The van der Waals surface area contributed by atoms with Crippen molar-refractivity contribution in [3.05, 3.63) is 32.1 Å². The van der Waals surface area contributed by atoms with Crippen LogP contribution in [0.3, 0.4) is 0 Å². The van der Waals surface area contributed by atoms with Gasteiger partial charge in [-0.3, -0.25) is 14.3 Å².